The first-order valence-corrected chi connectivity index (χ1v) is 12.8. The minimum Gasteiger partial charge on any atom is -0.433 e. The summed E-state index contributed by atoms with van der Waals surface area (Å²) in [4.78, 5) is 16.9. The van der Waals surface area contributed by atoms with Gasteiger partial charge in [0.2, 0.25) is 0 Å². The number of nitrogens with zero attached hydrogens (tertiary/aromatic N) is 2. The van der Waals surface area contributed by atoms with Crippen molar-refractivity contribution in [3.8, 4) is 0 Å². The lowest BCUT2D eigenvalue weighted by atomic mass is 10.0. The van der Waals surface area contributed by atoms with Gasteiger partial charge in [0.05, 0.1) is 0 Å². The Balaban J connectivity index is 4.37. The van der Waals surface area contributed by atoms with Gasteiger partial charge in [-0.3, -0.25) is 4.90 Å². The van der Waals surface area contributed by atoms with Crippen LogP contribution in [0.2, 0.25) is 0 Å². The van der Waals surface area contributed by atoms with Gasteiger partial charge in [0.15, 0.2) is 0 Å². The summed E-state index contributed by atoms with van der Waals surface area (Å²) >= 11 is 0. The normalized spacial score (nSPS) is 12.5. The van der Waals surface area contributed by atoms with E-state index < -0.39 is 6.16 Å². The van der Waals surface area contributed by atoms with Crippen LogP contribution in [0.5, 0.6) is 0 Å². The van der Waals surface area contributed by atoms with E-state index in [0.29, 0.717) is 20.4 Å². The number of likely N-dealkylation sites (N-methyl/N-ethyl adjacent to an activating group) is 1. The Morgan fingerprint density at radius 2 is 1.39 bits per heavy atom. The number of carbonyl (C=O) groups is 1. The second kappa shape index (κ2) is 22.4. The molecule has 0 radical (unpaired) electrons. The van der Waals surface area contributed by atoms with Gasteiger partial charge in [-0.05, 0) is 52.7 Å². The van der Waals surface area contributed by atoms with Gasteiger partial charge in [0, 0.05) is 22.4 Å². The van der Waals surface area contributed by atoms with Crippen LogP contribution in [0.25, 0.3) is 0 Å². The second-order valence-corrected chi connectivity index (χ2v) is 8.95. The van der Waals surface area contributed by atoms with Crippen LogP contribution in [0.15, 0.2) is 0 Å². The number of rotatable bonds is 22. The fraction of sp³-hybridized carbons (Fsp3) is 0.962. The minimum absolute atomic E-state index is 0.0802. The molecule has 0 bridgehead atoms. The van der Waals surface area contributed by atoms with E-state index in [0.717, 1.165) is 90.4 Å². The van der Waals surface area contributed by atoms with Crippen molar-refractivity contribution in [1.82, 2.24) is 9.80 Å². The Morgan fingerprint density at radius 1 is 0.774 bits per heavy atom. The van der Waals surface area contributed by atoms with E-state index in [-0.39, 0.29) is 6.10 Å². The second-order valence-electron chi connectivity index (χ2n) is 8.95. The molecular formula is C26H54N2O3. The molecule has 0 rings (SSSR count). The number of carbonyl (C=O) groups excluding carboxylic acids is 1. The summed E-state index contributed by atoms with van der Waals surface area (Å²) < 4.78 is 25.7. The predicted molar refractivity (Wildman–Crippen MR) is 133 cm³/mol. The Bertz CT molecular complexity index is 414. The molecule has 5 nitrogen and oxygen atoms in total. The van der Waals surface area contributed by atoms with Crippen LogP contribution in [0.3, 0.4) is 0 Å². The fourth-order valence-electron chi connectivity index (χ4n) is 3.58. The van der Waals surface area contributed by atoms with Crippen molar-refractivity contribution in [3.05, 3.63) is 0 Å². The summed E-state index contributed by atoms with van der Waals surface area (Å²) in [6.07, 6.45) is 14.4. The summed E-state index contributed by atoms with van der Waals surface area (Å²) in [6, 6.07) is 0. The van der Waals surface area contributed by atoms with Crippen LogP contribution in [0.1, 0.15) is 113 Å². The van der Waals surface area contributed by atoms with Gasteiger partial charge < -0.3 is 14.4 Å². The summed E-state index contributed by atoms with van der Waals surface area (Å²) in [5, 5.41) is 0. The Hall–Kier alpha value is -0.810. The van der Waals surface area contributed by atoms with Crippen molar-refractivity contribution < 1.29 is 17.0 Å². The quantitative estimate of drug-likeness (QED) is 0.134. The molecule has 0 aromatic rings. The molecule has 0 atom stereocenters. The van der Waals surface area contributed by atoms with Crippen LogP contribution in [-0.2, 0) is 9.47 Å². The van der Waals surface area contributed by atoms with Gasteiger partial charge in [-0.2, -0.15) is 0 Å². The van der Waals surface area contributed by atoms with E-state index in [2.05, 4.69) is 30.8 Å². The number of hydrogen-bond donors (Lipinski definition) is 0. The molecule has 0 N–H and O–H groups in total. The Kier molecular flexibility index (Phi) is 19.1. The van der Waals surface area contributed by atoms with Crippen molar-refractivity contribution in [2.45, 2.75) is 117 Å². The summed E-state index contributed by atoms with van der Waals surface area (Å²) in [6.45, 7) is 7.37. The molecule has 0 fully saturated rings. The summed E-state index contributed by atoms with van der Waals surface area (Å²) in [5.74, 6) is 0. The molecule has 0 heterocycles. The Morgan fingerprint density at radius 3 is 1.97 bits per heavy atom. The van der Waals surface area contributed by atoms with Crippen LogP contribution >= 0.6 is 0 Å². The molecule has 5 heteroatoms. The maximum atomic E-state index is 12.3. The number of unbranched alkanes of at least 4 members (excludes halogenated alkanes) is 9. The molecule has 0 aliphatic heterocycles. The predicted octanol–water partition coefficient (Wildman–Crippen LogP) is 6.89. The molecule has 0 unspecified atom stereocenters. The minimum atomic E-state index is -0.532. The monoisotopic (exact) mass is 444 g/mol. The van der Waals surface area contributed by atoms with Gasteiger partial charge in [-0.1, -0.05) is 78.5 Å². The fourth-order valence-corrected chi connectivity index (χ4v) is 3.58. The van der Waals surface area contributed by atoms with Crippen molar-refractivity contribution in [2.75, 3.05) is 46.9 Å². The van der Waals surface area contributed by atoms with Crippen LogP contribution in [-0.4, -0.2) is 68.9 Å². The van der Waals surface area contributed by atoms with Gasteiger partial charge in [0.1, 0.15) is 12.7 Å². The average molecular weight is 445 g/mol. The molecule has 0 saturated carbocycles. The Labute approximate surface area is 197 Å². The highest BCUT2D eigenvalue weighted by molar-refractivity contribution is 5.60. The first-order chi connectivity index (χ1) is 16.0. The van der Waals surface area contributed by atoms with E-state index in [1.165, 1.54) is 25.7 Å². The van der Waals surface area contributed by atoms with Crippen LogP contribution in [0.4, 0.5) is 4.79 Å². The highest BCUT2D eigenvalue weighted by Crippen LogP contribution is 2.16. The number of hydrogen-bond acceptors (Lipinski definition) is 5. The number of ether oxygens (including phenoxy) is 2. The lowest BCUT2D eigenvalue weighted by molar-refractivity contribution is 0.0117. The molecule has 0 aromatic heterocycles. The molecule has 186 valence electrons. The van der Waals surface area contributed by atoms with E-state index in [9.17, 15) is 4.79 Å². The summed E-state index contributed by atoms with van der Waals surface area (Å²) in [5.41, 5.74) is 0. The van der Waals surface area contributed by atoms with Crippen molar-refractivity contribution >= 4 is 6.16 Å². The third kappa shape index (κ3) is 20.8. The van der Waals surface area contributed by atoms with Crippen molar-refractivity contribution in [2.24, 2.45) is 0 Å². The van der Waals surface area contributed by atoms with Crippen LogP contribution in [0, 0.1) is 0 Å². The lowest BCUT2D eigenvalue weighted by Crippen LogP contribution is -2.35. The maximum absolute atomic E-state index is 12.3. The molecule has 0 saturated heterocycles. The molecule has 0 aliphatic carbocycles. The zero-order valence-electron chi connectivity index (χ0n) is 23.0. The SMILES string of the molecule is [2H]CCCCCCC(CCCCCC[2H])OC(=O)OCCN(CCCCCC)CCN(C)C. The van der Waals surface area contributed by atoms with Crippen molar-refractivity contribution in [1.29, 1.82) is 0 Å². The first-order valence-electron chi connectivity index (χ1n) is 14.2. The third-order valence-corrected chi connectivity index (χ3v) is 5.63. The van der Waals surface area contributed by atoms with E-state index in [1.807, 2.05) is 0 Å². The van der Waals surface area contributed by atoms with Crippen LogP contribution < -0.4 is 0 Å². The van der Waals surface area contributed by atoms with E-state index in [4.69, 9.17) is 12.2 Å². The molecule has 0 aliphatic rings. The average Bonchev–Trinajstić information content (AvgIpc) is 2.79. The maximum Gasteiger partial charge on any atom is 0.508 e. The smallest absolute Gasteiger partial charge is 0.433 e. The van der Waals surface area contributed by atoms with Gasteiger partial charge in [-0.15, -0.1) is 0 Å². The topological polar surface area (TPSA) is 42.0 Å². The molecule has 31 heavy (non-hydrogen) atoms. The summed E-state index contributed by atoms with van der Waals surface area (Å²) in [7, 11) is 4.17. The van der Waals surface area contributed by atoms with E-state index in [1.54, 1.807) is 0 Å². The molecule has 0 amide bonds. The highest BCUT2D eigenvalue weighted by Gasteiger charge is 2.16. The standard InChI is InChI=1S/C26H54N2O3/c1-6-9-12-15-18-25(19-16-13-10-7-2)31-26(29)30-24-23-28(22-21-27(4)5)20-17-14-11-8-3/h25H,6-24H2,1-5H3/i1D,2D. The lowest BCUT2D eigenvalue weighted by Gasteiger charge is -2.24. The van der Waals surface area contributed by atoms with E-state index >= 15 is 0 Å². The third-order valence-electron chi connectivity index (χ3n) is 5.63. The first kappa shape index (κ1) is 26.4. The molecular weight excluding hydrogens is 388 g/mol. The molecule has 0 spiro atoms. The zero-order chi connectivity index (χ0) is 24.6. The molecule has 0 aromatic carbocycles. The largest absolute Gasteiger partial charge is 0.508 e. The highest BCUT2D eigenvalue weighted by atomic mass is 16.7. The zero-order valence-corrected chi connectivity index (χ0v) is 21.0. The van der Waals surface area contributed by atoms with Gasteiger partial charge >= 0.3 is 6.16 Å². The van der Waals surface area contributed by atoms with Gasteiger partial charge in [-0.25, -0.2) is 4.79 Å². The van der Waals surface area contributed by atoms with Gasteiger partial charge in [0.25, 0.3) is 0 Å². The van der Waals surface area contributed by atoms with Crippen molar-refractivity contribution in [3.63, 3.8) is 0 Å².